The molecule has 0 fully saturated rings. The highest BCUT2D eigenvalue weighted by Gasteiger charge is 2.14. The number of rotatable bonds is 3. The molecule has 1 aromatic rings. The van der Waals surface area contributed by atoms with Crippen molar-refractivity contribution in [3.8, 4) is 0 Å². The van der Waals surface area contributed by atoms with Crippen molar-refractivity contribution in [2.75, 3.05) is 13.7 Å². The summed E-state index contributed by atoms with van der Waals surface area (Å²) in [6.45, 7) is 4.06. The summed E-state index contributed by atoms with van der Waals surface area (Å²) in [6.07, 6.45) is 0. The summed E-state index contributed by atoms with van der Waals surface area (Å²) in [4.78, 5) is 0. The molecular weight excluding hydrogens is 181 g/mol. The zero-order valence-electron chi connectivity index (χ0n) is 8.80. The highest BCUT2D eigenvalue weighted by molar-refractivity contribution is 5.34. The second kappa shape index (κ2) is 4.53. The lowest BCUT2D eigenvalue weighted by Crippen LogP contribution is -2.19. The van der Waals surface area contributed by atoms with Crippen LogP contribution in [0.15, 0.2) is 12.1 Å². The maximum atomic E-state index is 13.5. The van der Waals surface area contributed by atoms with Crippen LogP contribution in [0.4, 0.5) is 4.39 Å². The number of ether oxygens (including phenoxy) is 1. The zero-order valence-corrected chi connectivity index (χ0v) is 8.80. The molecule has 3 heteroatoms. The second-order valence-electron chi connectivity index (χ2n) is 3.54. The summed E-state index contributed by atoms with van der Waals surface area (Å²) in [7, 11) is 1.56. The molecule has 0 aromatic heterocycles. The van der Waals surface area contributed by atoms with Crippen LogP contribution in [0.2, 0.25) is 0 Å². The summed E-state index contributed by atoms with van der Waals surface area (Å²) in [6, 6.07) is 3.03. The Bertz CT molecular complexity index is 302. The number of methoxy groups -OCH3 is 1. The van der Waals surface area contributed by atoms with Gasteiger partial charge in [-0.15, -0.1) is 0 Å². The Morgan fingerprint density at radius 3 is 2.57 bits per heavy atom. The van der Waals surface area contributed by atoms with E-state index in [1.54, 1.807) is 7.11 Å². The smallest absolute Gasteiger partial charge is 0.128 e. The minimum absolute atomic E-state index is 0.243. The van der Waals surface area contributed by atoms with Crippen molar-refractivity contribution in [2.24, 2.45) is 5.73 Å². The van der Waals surface area contributed by atoms with Gasteiger partial charge in [0, 0.05) is 12.7 Å². The fourth-order valence-electron chi connectivity index (χ4n) is 1.66. The first kappa shape index (κ1) is 11.1. The van der Waals surface area contributed by atoms with Gasteiger partial charge >= 0.3 is 0 Å². The maximum Gasteiger partial charge on any atom is 0.128 e. The van der Waals surface area contributed by atoms with E-state index in [2.05, 4.69) is 0 Å². The summed E-state index contributed by atoms with van der Waals surface area (Å²) < 4.78 is 18.5. The van der Waals surface area contributed by atoms with Crippen LogP contribution in [-0.2, 0) is 4.74 Å². The van der Waals surface area contributed by atoms with Gasteiger partial charge in [0.25, 0.3) is 0 Å². The average molecular weight is 197 g/mol. The van der Waals surface area contributed by atoms with Gasteiger partial charge in [-0.1, -0.05) is 6.07 Å². The van der Waals surface area contributed by atoms with E-state index in [1.165, 1.54) is 6.07 Å². The topological polar surface area (TPSA) is 35.2 Å². The number of hydrogen-bond donors (Lipinski definition) is 1. The second-order valence-corrected chi connectivity index (χ2v) is 3.54. The number of halogens is 1. The Hall–Kier alpha value is -0.930. The van der Waals surface area contributed by atoms with Crippen LogP contribution < -0.4 is 5.73 Å². The SMILES string of the molecule is COCC(N)c1c(C)cc(C)cc1F. The van der Waals surface area contributed by atoms with Crippen molar-refractivity contribution in [1.29, 1.82) is 0 Å². The molecule has 2 N–H and O–H groups in total. The Morgan fingerprint density at radius 1 is 1.43 bits per heavy atom. The number of nitrogens with two attached hydrogens (primary N) is 1. The number of aryl methyl sites for hydroxylation is 2. The van der Waals surface area contributed by atoms with Crippen LogP contribution in [-0.4, -0.2) is 13.7 Å². The normalized spacial score (nSPS) is 12.9. The maximum absolute atomic E-state index is 13.5. The first-order chi connectivity index (χ1) is 6.56. The molecule has 1 aromatic carbocycles. The third kappa shape index (κ3) is 2.30. The molecule has 0 heterocycles. The van der Waals surface area contributed by atoms with Crippen molar-refractivity contribution in [3.63, 3.8) is 0 Å². The molecule has 1 unspecified atom stereocenters. The lowest BCUT2D eigenvalue weighted by Gasteiger charge is -2.15. The molecule has 0 saturated heterocycles. The summed E-state index contributed by atoms with van der Waals surface area (Å²) in [5, 5.41) is 0. The molecule has 0 radical (unpaired) electrons. The first-order valence-electron chi connectivity index (χ1n) is 4.57. The van der Waals surface area contributed by atoms with Crippen molar-refractivity contribution >= 4 is 0 Å². The lowest BCUT2D eigenvalue weighted by atomic mass is 9.99. The molecule has 0 saturated carbocycles. The van der Waals surface area contributed by atoms with Crippen LogP contribution in [0.3, 0.4) is 0 Å². The predicted molar refractivity (Wildman–Crippen MR) is 54.7 cm³/mol. The van der Waals surface area contributed by atoms with E-state index >= 15 is 0 Å². The Balaban J connectivity index is 3.07. The van der Waals surface area contributed by atoms with Crippen LogP contribution in [0.5, 0.6) is 0 Å². The lowest BCUT2D eigenvalue weighted by molar-refractivity contribution is 0.179. The van der Waals surface area contributed by atoms with Crippen molar-refractivity contribution in [2.45, 2.75) is 19.9 Å². The fraction of sp³-hybridized carbons (Fsp3) is 0.455. The Morgan fingerprint density at radius 2 is 2.07 bits per heavy atom. The van der Waals surface area contributed by atoms with E-state index in [0.29, 0.717) is 12.2 Å². The van der Waals surface area contributed by atoms with Gasteiger partial charge in [0.2, 0.25) is 0 Å². The van der Waals surface area contributed by atoms with Crippen molar-refractivity contribution < 1.29 is 9.13 Å². The minimum atomic E-state index is -0.388. The third-order valence-corrected chi connectivity index (χ3v) is 2.20. The molecule has 2 nitrogen and oxygen atoms in total. The Kier molecular flexibility index (Phi) is 3.61. The van der Waals surface area contributed by atoms with Crippen LogP contribution in [0.1, 0.15) is 22.7 Å². The van der Waals surface area contributed by atoms with E-state index < -0.39 is 0 Å². The monoisotopic (exact) mass is 197 g/mol. The molecule has 78 valence electrons. The van der Waals surface area contributed by atoms with Gasteiger partial charge in [-0.2, -0.15) is 0 Å². The van der Waals surface area contributed by atoms with Crippen molar-refractivity contribution in [3.05, 3.63) is 34.6 Å². The molecule has 1 rings (SSSR count). The standard InChI is InChI=1S/C11H16FNO/c1-7-4-8(2)11(9(12)5-7)10(13)6-14-3/h4-5,10H,6,13H2,1-3H3. The molecule has 14 heavy (non-hydrogen) atoms. The van der Waals surface area contributed by atoms with Gasteiger partial charge in [-0.25, -0.2) is 4.39 Å². The molecular formula is C11H16FNO. The van der Waals surface area contributed by atoms with Gasteiger partial charge in [-0.05, 0) is 31.0 Å². The van der Waals surface area contributed by atoms with E-state index in [-0.39, 0.29) is 11.9 Å². The molecule has 0 aliphatic heterocycles. The Labute approximate surface area is 83.9 Å². The predicted octanol–water partition coefficient (Wildman–Crippen LogP) is 2.09. The number of hydrogen-bond acceptors (Lipinski definition) is 2. The summed E-state index contributed by atoms with van der Waals surface area (Å²) in [5.41, 5.74) is 8.14. The van der Waals surface area contributed by atoms with Crippen molar-refractivity contribution in [1.82, 2.24) is 0 Å². The molecule has 0 spiro atoms. The molecule has 0 bridgehead atoms. The van der Waals surface area contributed by atoms with Gasteiger partial charge in [0.15, 0.2) is 0 Å². The van der Waals surface area contributed by atoms with Gasteiger partial charge in [0.1, 0.15) is 5.82 Å². The molecule has 0 amide bonds. The van der Waals surface area contributed by atoms with Gasteiger partial charge in [-0.3, -0.25) is 0 Å². The number of benzene rings is 1. The first-order valence-corrected chi connectivity index (χ1v) is 4.57. The largest absolute Gasteiger partial charge is 0.383 e. The highest BCUT2D eigenvalue weighted by atomic mass is 19.1. The summed E-state index contributed by atoms with van der Waals surface area (Å²) >= 11 is 0. The summed E-state index contributed by atoms with van der Waals surface area (Å²) in [5.74, 6) is -0.243. The van der Waals surface area contributed by atoms with Gasteiger partial charge in [0.05, 0.1) is 12.6 Å². The van der Waals surface area contributed by atoms with E-state index in [0.717, 1.165) is 11.1 Å². The molecule has 0 aliphatic carbocycles. The van der Waals surface area contributed by atoms with Gasteiger partial charge < -0.3 is 10.5 Å². The molecule has 0 aliphatic rings. The molecule has 1 atom stereocenters. The van der Waals surface area contributed by atoms with E-state index in [4.69, 9.17) is 10.5 Å². The van der Waals surface area contributed by atoms with E-state index in [1.807, 2.05) is 19.9 Å². The highest BCUT2D eigenvalue weighted by Crippen LogP contribution is 2.21. The van der Waals surface area contributed by atoms with Crippen LogP contribution in [0, 0.1) is 19.7 Å². The minimum Gasteiger partial charge on any atom is -0.383 e. The fourth-order valence-corrected chi connectivity index (χ4v) is 1.66. The van der Waals surface area contributed by atoms with Crippen LogP contribution in [0.25, 0.3) is 0 Å². The van der Waals surface area contributed by atoms with Crippen LogP contribution >= 0.6 is 0 Å². The average Bonchev–Trinajstić information content (AvgIpc) is 2.01. The zero-order chi connectivity index (χ0) is 10.7. The van der Waals surface area contributed by atoms with E-state index in [9.17, 15) is 4.39 Å². The third-order valence-electron chi connectivity index (χ3n) is 2.20. The quantitative estimate of drug-likeness (QED) is 0.805.